The molecule has 100 valence electrons. The molecule has 1 aliphatic carbocycles. The third-order valence-electron chi connectivity index (χ3n) is 5.09. The van der Waals surface area contributed by atoms with Gasteiger partial charge in [-0.05, 0) is 42.0 Å². The van der Waals surface area contributed by atoms with Crippen LogP contribution in [-0.4, -0.2) is 23.0 Å². The topological polar surface area (TPSA) is 19.0 Å². The van der Waals surface area contributed by atoms with E-state index >= 15 is 0 Å². The van der Waals surface area contributed by atoms with Crippen molar-refractivity contribution in [2.45, 2.75) is 25.3 Å². The molecular formula is C18H18N2. The quantitative estimate of drug-likeness (QED) is 0.766. The average molecular weight is 262 g/mol. The second-order valence-electron chi connectivity index (χ2n) is 6.15. The molecule has 0 bridgehead atoms. The molecule has 1 aromatic carbocycles. The van der Waals surface area contributed by atoms with Crippen LogP contribution < -0.4 is 0 Å². The van der Waals surface area contributed by atoms with Crippen molar-refractivity contribution in [1.29, 1.82) is 0 Å². The van der Waals surface area contributed by atoms with Gasteiger partial charge in [-0.2, -0.15) is 0 Å². The number of aromatic nitrogens is 1. The van der Waals surface area contributed by atoms with Gasteiger partial charge in [0.2, 0.25) is 0 Å². The van der Waals surface area contributed by atoms with E-state index in [2.05, 4.69) is 46.3 Å². The van der Waals surface area contributed by atoms with E-state index in [1.807, 2.05) is 0 Å². The molecule has 2 aromatic rings. The van der Waals surface area contributed by atoms with Gasteiger partial charge in [0, 0.05) is 29.7 Å². The molecule has 0 amide bonds. The second-order valence-corrected chi connectivity index (χ2v) is 6.15. The van der Waals surface area contributed by atoms with Gasteiger partial charge in [0.1, 0.15) is 0 Å². The number of nitrogens with one attached hydrogen (secondary N) is 1. The molecule has 0 spiro atoms. The number of benzene rings is 1. The lowest BCUT2D eigenvalue weighted by molar-refractivity contribution is 0.260. The van der Waals surface area contributed by atoms with Crippen molar-refractivity contribution < 1.29 is 0 Å². The number of aromatic amines is 1. The SMILES string of the molecule is C1=C2CN3CCc4c([nH]c5ccccc45)C3C2=CCC1. The summed E-state index contributed by atoms with van der Waals surface area (Å²) in [5.41, 5.74) is 7.45. The first-order valence-corrected chi connectivity index (χ1v) is 7.65. The van der Waals surface area contributed by atoms with Gasteiger partial charge in [-0.25, -0.2) is 0 Å². The molecule has 0 saturated carbocycles. The Morgan fingerprint density at radius 1 is 1.10 bits per heavy atom. The maximum Gasteiger partial charge on any atom is 0.0760 e. The minimum Gasteiger partial charge on any atom is -0.357 e. The summed E-state index contributed by atoms with van der Waals surface area (Å²) in [6, 6.07) is 9.24. The molecule has 1 atom stereocenters. The summed E-state index contributed by atoms with van der Waals surface area (Å²) in [7, 11) is 0. The Bertz CT molecular complexity index is 763. The van der Waals surface area contributed by atoms with Crippen LogP contribution in [0.25, 0.3) is 10.9 Å². The van der Waals surface area contributed by atoms with Crippen LogP contribution in [-0.2, 0) is 6.42 Å². The van der Waals surface area contributed by atoms with Gasteiger partial charge >= 0.3 is 0 Å². The van der Waals surface area contributed by atoms with Crippen LogP contribution in [0.5, 0.6) is 0 Å². The third-order valence-corrected chi connectivity index (χ3v) is 5.09. The molecule has 1 N–H and O–H groups in total. The van der Waals surface area contributed by atoms with Crippen molar-refractivity contribution in [2.75, 3.05) is 13.1 Å². The van der Waals surface area contributed by atoms with E-state index in [1.165, 1.54) is 42.4 Å². The van der Waals surface area contributed by atoms with Crippen molar-refractivity contribution in [2.24, 2.45) is 0 Å². The van der Waals surface area contributed by atoms with E-state index in [1.54, 1.807) is 16.7 Å². The monoisotopic (exact) mass is 262 g/mol. The van der Waals surface area contributed by atoms with Gasteiger partial charge in [0.25, 0.3) is 0 Å². The zero-order valence-corrected chi connectivity index (χ0v) is 11.5. The largest absolute Gasteiger partial charge is 0.357 e. The summed E-state index contributed by atoms with van der Waals surface area (Å²) < 4.78 is 0. The summed E-state index contributed by atoms with van der Waals surface area (Å²) in [5, 5.41) is 1.43. The van der Waals surface area contributed by atoms with E-state index < -0.39 is 0 Å². The van der Waals surface area contributed by atoms with Gasteiger partial charge in [-0.1, -0.05) is 30.4 Å². The number of fused-ring (bicyclic) bond motifs is 7. The molecule has 1 aromatic heterocycles. The van der Waals surface area contributed by atoms with Crippen LogP contribution in [0.4, 0.5) is 0 Å². The fraction of sp³-hybridized carbons (Fsp3) is 0.333. The van der Waals surface area contributed by atoms with E-state index in [4.69, 9.17) is 0 Å². The maximum atomic E-state index is 3.71. The first-order valence-electron chi connectivity index (χ1n) is 7.65. The summed E-state index contributed by atoms with van der Waals surface area (Å²) in [6.07, 6.45) is 8.53. The highest BCUT2D eigenvalue weighted by Crippen LogP contribution is 2.46. The zero-order valence-electron chi connectivity index (χ0n) is 11.5. The molecule has 1 saturated heterocycles. The normalized spacial score (nSPS) is 24.9. The molecule has 3 heterocycles. The third kappa shape index (κ3) is 1.32. The molecule has 5 rings (SSSR count). The number of allylic oxidation sites excluding steroid dienone is 2. The van der Waals surface area contributed by atoms with Gasteiger partial charge < -0.3 is 4.98 Å². The predicted molar refractivity (Wildman–Crippen MR) is 81.7 cm³/mol. The van der Waals surface area contributed by atoms with E-state index in [-0.39, 0.29) is 0 Å². The molecule has 3 aliphatic rings. The number of H-pyrrole nitrogens is 1. The Morgan fingerprint density at radius 2 is 2.00 bits per heavy atom. The number of rotatable bonds is 0. The molecule has 1 fully saturated rings. The van der Waals surface area contributed by atoms with Crippen LogP contribution >= 0.6 is 0 Å². The molecule has 2 aliphatic heterocycles. The smallest absolute Gasteiger partial charge is 0.0760 e. The fourth-order valence-electron chi connectivity index (χ4n) is 4.22. The summed E-state index contributed by atoms with van der Waals surface area (Å²) >= 11 is 0. The first kappa shape index (κ1) is 10.9. The standard InChI is InChI=1S/C18H18N2/c1-2-6-13-12(5-1)11-20-10-9-15-14-7-3-4-8-16(14)19-17(15)18(13)20/h3-8,18-19H,1-2,9-11H2. The fourth-order valence-corrected chi connectivity index (χ4v) is 4.22. The van der Waals surface area contributed by atoms with Crippen molar-refractivity contribution in [3.05, 3.63) is 58.8 Å². The Balaban J connectivity index is 1.74. The Hall–Kier alpha value is -1.80. The lowest BCUT2D eigenvalue weighted by Gasteiger charge is -2.30. The van der Waals surface area contributed by atoms with Crippen LogP contribution in [0.3, 0.4) is 0 Å². The van der Waals surface area contributed by atoms with Crippen LogP contribution in [0.1, 0.15) is 30.1 Å². The minimum absolute atomic E-state index is 0.484. The average Bonchev–Trinajstić information content (AvgIpc) is 3.04. The highest BCUT2D eigenvalue weighted by atomic mass is 15.2. The predicted octanol–water partition coefficient (Wildman–Crippen LogP) is 3.73. The molecule has 20 heavy (non-hydrogen) atoms. The number of hydrogen-bond acceptors (Lipinski definition) is 1. The van der Waals surface area contributed by atoms with E-state index in [0.717, 1.165) is 6.54 Å². The molecule has 1 unspecified atom stereocenters. The highest BCUT2D eigenvalue weighted by molar-refractivity contribution is 5.85. The molecule has 2 nitrogen and oxygen atoms in total. The summed E-state index contributed by atoms with van der Waals surface area (Å²) in [5.74, 6) is 0. The maximum absolute atomic E-state index is 3.71. The Kier molecular flexibility index (Phi) is 2.11. The second kappa shape index (κ2) is 3.86. The molecule has 2 heteroatoms. The lowest BCUT2D eigenvalue weighted by atomic mass is 9.91. The van der Waals surface area contributed by atoms with Crippen LogP contribution in [0, 0.1) is 0 Å². The van der Waals surface area contributed by atoms with Crippen molar-refractivity contribution in [1.82, 2.24) is 9.88 Å². The first-order chi connectivity index (χ1) is 9.92. The minimum atomic E-state index is 0.484. The van der Waals surface area contributed by atoms with Gasteiger partial charge in [-0.3, -0.25) is 4.90 Å². The number of hydrogen-bond donors (Lipinski definition) is 1. The van der Waals surface area contributed by atoms with Crippen LogP contribution in [0.15, 0.2) is 47.6 Å². The Morgan fingerprint density at radius 3 is 3.00 bits per heavy atom. The summed E-state index contributed by atoms with van der Waals surface area (Å²) in [4.78, 5) is 6.35. The van der Waals surface area contributed by atoms with Gasteiger partial charge in [0.15, 0.2) is 0 Å². The lowest BCUT2D eigenvalue weighted by Crippen LogP contribution is -2.31. The van der Waals surface area contributed by atoms with Gasteiger partial charge in [0.05, 0.1) is 6.04 Å². The molecular weight excluding hydrogens is 244 g/mol. The Labute approximate surface area is 118 Å². The zero-order chi connectivity index (χ0) is 13.1. The summed E-state index contributed by atoms with van der Waals surface area (Å²) in [6.45, 7) is 2.33. The van der Waals surface area contributed by atoms with E-state index in [9.17, 15) is 0 Å². The number of nitrogens with zero attached hydrogens (tertiary/aromatic N) is 1. The van der Waals surface area contributed by atoms with Crippen LogP contribution in [0.2, 0.25) is 0 Å². The highest BCUT2D eigenvalue weighted by Gasteiger charge is 2.39. The van der Waals surface area contributed by atoms with Crippen molar-refractivity contribution >= 4 is 10.9 Å². The van der Waals surface area contributed by atoms with Gasteiger partial charge in [-0.15, -0.1) is 0 Å². The van der Waals surface area contributed by atoms with E-state index in [0.29, 0.717) is 6.04 Å². The van der Waals surface area contributed by atoms with Crippen molar-refractivity contribution in [3.8, 4) is 0 Å². The van der Waals surface area contributed by atoms with Crippen molar-refractivity contribution in [3.63, 3.8) is 0 Å². The molecule has 0 radical (unpaired) electrons. The number of para-hydroxylation sites is 1.